The van der Waals surface area contributed by atoms with Crippen LogP contribution in [0.4, 0.5) is 4.79 Å². The van der Waals surface area contributed by atoms with E-state index in [9.17, 15) is 4.79 Å². The highest BCUT2D eigenvalue weighted by Gasteiger charge is 2.60. The second kappa shape index (κ2) is 8.34. The minimum atomic E-state index is -1.58. The van der Waals surface area contributed by atoms with E-state index in [4.69, 9.17) is 39.5 Å². The smallest absolute Gasteiger partial charge is 0.407 e. The van der Waals surface area contributed by atoms with E-state index in [-0.39, 0.29) is 18.1 Å². The van der Waals surface area contributed by atoms with Crippen molar-refractivity contribution in [3.8, 4) is 0 Å². The van der Waals surface area contributed by atoms with E-state index in [1.165, 1.54) is 51.4 Å². The lowest BCUT2D eigenvalue weighted by Crippen LogP contribution is -2.54. The molecule has 4 aliphatic carbocycles. The Morgan fingerprint density at radius 2 is 1.83 bits per heavy atom. The summed E-state index contributed by atoms with van der Waals surface area (Å²) in [6.07, 6.45) is 14.8. The van der Waals surface area contributed by atoms with Crippen molar-refractivity contribution in [2.24, 2.45) is 40.4 Å². The quantitative estimate of drug-likeness (QED) is 0.343. The lowest BCUT2D eigenvalue weighted by atomic mass is 9.45. The van der Waals surface area contributed by atoms with Gasteiger partial charge in [0.05, 0.1) is 0 Å². The number of halogens is 3. The molecule has 3 saturated carbocycles. The van der Waals surface area contributed by atoms with Crippen molar-refractivity contribution in [2.45, 2.75) is 82.0 Å². The van der Waals surface area contributed by atoms with E-state index in [1.54, 1.807) is 0 Å². The lowest BCUT2D eigenvalue weighted by molar-refractivity contribution is -0.0982. The number of alkyl halides is 3. The number of nitrogens with one attached hydrogen (secondary N) is 1. The standard InChI is InChI=1S/C24H36Cl3NO2/c1-15(28-21(29)30-14-24(25,26)27)18-9-10-19-17-8-7-16-6-4-5-12-22(16,2)20(17)11-13-23(18,19)3/h4-5,15-20H,6-14H2,1-3H3,(H,28,29)/t15-,16?,17-,18+,19-,20-,22-,23+/m0/s1. The van der Waals surface area contributed by atoms with Crippen LogP contribution in [0.1, 0.15) is 72.1 Å². The zero-order valence-electron chi connectivity index (χ0n) is 18.4. The fourth-order valence-electron chi connectivity index (χ4n) is 8.18. The summed E-state index contributed by atoms with van der Waals surface area (Å²) in [5.41, 5.74) is 0.777. The summed E-state index contributed by atoms with van der Waals surface area (Å²) in [6.45, 7) is 6.95. The third kappa shape index (κ3) is 4.13. The normalized spacial score (nSPS) is 43.9. The Morgan fingerprint density at radius 1 is 1.10 bits per heavy atom. The molecule has 3 fully saturated rings. The SMILES string of the molecule is C[C@H](NC(=O)OCC(Cl)(Cl)Cl)[C@H]1CC[C@H]2[C@@H]3CCC4CC=CC[C@]4(C)[C@H]3CC[C@]12C. The predicted molar refractivity (Wildman–Crippen MR) is 124 cm³/mol. The average Bonchev–Trinajstić information content (AvgIpc) is 3.02. The predicted octanol–water partition coefficient (Wildman–Crippen LogP) is 7.30. The Kier molecular flexibility index (Phi) is 6.41. The molecule has 0 aromatic rings. The van der Waals surface area contributed by atoms with Crippen LogP contribution < -0.4 is 5.32 Å². The van der Waals surface area contributed by atoms with E-state index in [0.29, 0.717) is 11.3 Å². The van der Waals surface area contributed by atoms with Crippen molar-refractivity contribution in [3.05, 3.63) is 12.2 Å². The molecule has 1 N–H and O–H groups in total. The van der Waals surface area contributed by atoms with Crippen LogP contribution in [0.15, 0.2) is 12.2 Å². The highest BCUT2D eigenvalue weighted by atomic mass is 35.6. The molecule has 0 aromatic heterocycles. The number of fused-ring (bicyclic) bond motifs is 5. The monoisotopic (exact) mass is 475 g/mol. The van der Waals surface area contributed by atoms with E-state index in [0.717, 1.165) is 23.7 Å². The summed E-state index contributed by atoms with van der Waals surface area (Å²) in [5.74, 6) is 3.81. The highest BCUT2D eigenvalue weighted by molar-refractivity contribution is 6.67. The van der Waals surface area contributed by atoms with Gasteiger partial charge in [0.1, 0.15) is 6.61 Å². The number of ether oxygens (including phenoxy) is 1. The van der Waals surface area contributed by atoms with Crippen LogP contribution in [0.3, 0.4) is 0 Å². The summed E-state index contributed by atoms with van der Waals surface area (Å²) in [5, 5.41) is 3.03. The minimum absolute atomic E-state index is 0.0592. The van der Waals surface area contributed by atoms with E-state index in [2.05, 4.69) is 38.2 Å². The second-order valence-electron chi connectivity index (χ2n) is 10.9. The summed E-state index contributed by atoms with van der Waals surface area (Å²) in [7, 11) is 0. The number of carbonyl (C=O) groups excluding carboxylic acids is 1. The van der Waals surface area contributed by atoms with E-state index < -0.39 is 9.89 Å². The first-order valence-corrected chi connectivity index (χ1v) is 12.8. The Hall–Kier alpha value is -0.120. The van der Waals surface area contributed by atoms with Crippen molar-refractivity contribution in [1.82, 2.24) is 5.32 Å². The maximum absolute atomic E-state index is 12.2. The number of amides is 1. The summed E-state index contributed by atoms with van der Waals surface area (Å²) in [4.78, 5) is 12.2. The molecule has 0 bridgehead atoms. The topological polar surface area (TPSA) is 38.3 Å². The number of hydrogen-bond acceptors (Lipinski definition) is 2. The van der Waals surface area contributed by atoms with Gasteiger partial charge < -0.3 is 10.1 Å². The van der Waals surface area contributed by atoms with Crippen molar-refractivity contribution in [2.75, 3.05) is 6.61 Å². The highest BCUT2D eigenvalue weighted by Crippen LogP contribution is 2.67. The summed E-state index contributed by atoms with van der Waals surface area (Å²) >= 11 is 17.1. The molecule has 170 valence electrons. The Bertz CT molecular complexity index is 692. The Labute approximate surface area is 196 Å². The number of hydrogen-bond donors (Lipinski definition) is 1. The third-order valence-electron chi connectivity index (χ3n) is 9.60. The molecule has 6 heteroatoms. The largest absolute Gasteiger partial charge is 0.445 e. The molecule has 4 rings (SSSR count). The van der Waals surface area contributed by atoms with Gasteiger partial charge in [-0.05, 0) is 98.7 Å². The van der Waals surface area contributed by atoms with Crippen LogP contribution in [0.25, 0.3) is 0 Å². The van der Waals surface area contributed by atoms with Gasteiger partial charge in [0.25, 0.3) is 0 Å². The molecule has 0 aromatic carbocycles. The molecule has 4 aliphatic rings. The van der Waals surface area contributed by atoms with E-state index >= 15 is 0 Å². The molecule has 1 unspecified atom stereocenters. The van der Waals surface area contributed by atoms with Crippen LogP contribution in [0.5, 0.6) is 0 Å². The molecule has 0 aliphatic heterocycles. The summed E-state index contributed by atoms with van der Waals surface area (Å²) in [6, 6.07) is 0.0592. The number of alkyl carbamates (subject to hydrolysis) is 1. The van der Waals surface area contributed by atoms with Crippen LogP contribution >= 0.6 is 34.8 Å². The van der Waals surface area contributed by atoms with Gasteiger partial charge >= 0.3 is 6.09 Å². The van der Waals surface area contributed by atoms with E-state index in [1.807, 2.05) is 0 Å². The molecule has 30 heavy (non-hydrogen) atoms. The molecular formula is C24H36Cl3NO2. The lowest BCUT2D eigenvalue weighted by Gasteiger charge is -2.60. The van der Waals surface area contributed by atoms with Gasteiger partial charge in [0.15, 0.2) is 0 Å². The van der Waals surface area contributed by atoms with Crippen molar-refractivity contribution in [3.63, 3.8) is 0 Å². The molecule has 0 radical (unpaired) electrons. The van der Waals surface area contributed by atoms with Gasteiger partial charge in [-0.2, -0.15) is 0 Å². The number of allylic oxidation sites excluding steroid dienone is 2. The van der Waals surface area contributed by atoms with Gasteiger partial charge in [0, 0.05) is 6.04 Å². The van der Waals surface area contributed by atoms with Gasteiger partial charge in [-0.15, -0.1) is 0 Å². The number of rotatable bonds is 3. The van der Waals surface area contributed by atoms with Crippen molar-refractivity contribution >= 4 is 40.9 Å². The molecule has 8 atom stereocenters. The van der Waals surface area contributed by atoms with Gasteiger partial charge in [-0.3, -0.25) is 0 Å². The average molecular weight is 477 g/mol. The third-order valence-corrected chi connectivity index (χ3v) is 9.93. The maximum Gasteiger partial charge on any atom is 0.407 e. The zero-order valence-corrected chi connectivity index (χ0v) is 20.7. The van der Waals surface area contributed by atoms with Gasteiger partial charge in [0.2, 0.25) is 3.79 Å². The first-order valence-electron chi connectivity index (χ1n) is 11.7. The zero-order chi connectivity index (χ0) is 21.7. The minimum Gasteiger partial charge on any atom is -0.445 e. The van der Waals surface area contributed by atoms with Crippen LogP contribution in [-0.2, 0) is 4.74 Å². The fraction of sp³-hybridized carbons (Fsp3) is 0.875. The second-order valence-corrected chi connectivity index (χ2v) is 13.4. The van der Waals surface area contributed by atoms with Crippen molar-refractivity contribution in [1.29, 1.82) is 0 Å². The first-order chi connectivity index (χ1) is 14.0. The van der Waals surface area contributed by atoms with Gasteiger partial charge in [-0.1, -0.05) is 60.8 Å². The molecule has 0 saturated heterocycles. The fourth-order valence-corrected chi connectivity index (χ4v) is 8.34. The van der Waals surface area contributed by atoms with Gasteiger partial charge in [-0.25, -0.2) is 4.79 Å². The molecule has 0 spiro atoms. The molecular weight excluding hydrogens is 441 g/mol. The molecule has 1 amide bonds. The van der Waals surface area contributed by atoms with Crippen LogP contribution in [-0.4, -0.2) is 22.5 Å². The summed E-state index contributed by atoms with van der Waals surface area (Å²) < 4.78 is 3.53. The Morgan fingerprint density at radius 3 is 2.57 bits per heavy atom. The molecule has 0 heterocycles. The molecule has 3 nitrogen and oxygen atoms in total. The first kappa shape index (κ1) is 23.1. The number of carbonyl (C=O) groups is 1. The van der Waals surface area contributed by atoms with Crippen LogP contribution in [0, 0.1) is 40.4 Å². The van der Waals surface area contributed by atoms with Crippen LogP contribution in [0.2, 0.25) is 0 Å². The Balaban J connectivity index is 1.43. The van der Waals surface area contributed by atoms with Crippen molar-refractivity contribution < 1.29 is 9.53 Å². The maximum atomic E-state index is 12.2.